The van der Waals surface area contributed by atoms with Crippen LogP contribution in [0.1, 0.15) is 17.7 Å². The molecule has 1 aromatic carbocycles. The topological polar surface area (TPSA) is 90.3 Å². The first-order valence-corrected chi connectivity index (χ1v) is 10.2. The first-order valence-electron chi connectivity index (χ1n) is 10.2. The van der Waals surface area contributed by atoms with Gasteiger partial charge in [-0.1, -0.05) is 6.07 Å². The molecule has 8 nitrogen and oxygen atoms in total. The van der Waals surface area contributed by atoms with E-state index in [4.69, 9.17) is 14.5 Å². The van der Waals surface area contributed by atoms with E-state index in [0.29, 0.717) is 13.2 Å². The van der Waals surface area contributed by atoms with Gasteiger partial charge >= 0.3 is 5.97 Å². The molecule has 2 N–H and O–H groups in total. The van der Waals surface area contributed by atoms with Crippen molar-refractivity contribution >= 4 is 22.7 Å². The SMILES string of the molecule is CN[C@@H](Cn1cc2cc(OCCc3ccc4c(n3)NCCC4)ccc2n1)C(=O)OC. The Bertz CT molecular complexity index is 1030. The highest BCUT2D eigenvalue weighted by molar-refractivity contribution is 5.80. The van der Waals surface area contributed by atoms with Crippen molar-refractivity contribution < 1.29 is 14.3 Å². The molecular formula is C22H27N5O3. The van der Waals surface area contributed by atoms with Gasteiger partial charge in [-0.3, -0.25) is 9.48 Å². The van der Waals surface area contributed by atoms with E-state index in [1.807, 2.05) is 24.4 Å². The van der Waals surface area contributed by atoms with Crippen molar-refractivity contribution in [3.63, 3.8) is 0 Å². The van der Waals surface area contributed by atoms with Gasteiger partial charge in [0.2, 0.25) is 0 Å². The molecule has 0 fully saturated rings. The molecule has 1 aliphatic heterocycles. The van der Waals surface area contributed by atoms with Crippen LogP contribution in [0.25, 0.3) is 10.9 Å². The molecule has 2 aromatic heterocycles. The van der Waals surface area contributed by atoms with Gasteiger partial charge < -0.3 is 20.1 Å². The third-order valence-electron chi connectivity index (χ3n) is 5.31. The van der Waals surface area contributed by atoms with Crippen molar-refractivity contribution in [3.8, 4) is 5.75 Å². The van der Waals surface area contributed by atoms with Crippen molar-refractivity contribution in [1.29, 1.82) is 0 Å². The van der Waals surface area contributed by atoms with E-state index in [1.54, 1.807) is 11.7 Å². The minimum Gasteiger partial charge on any atom is -0.493 e. The fraction of sp³-hybridized carbons (Fsp3) is 0.409. The Kier molecular flexibility index (Phi) is 6.13. The molecule has 0 aliphatic carbocycles. The predicted molar refractivity (Wildman–Crippen MR) is 115 cm³/mol. The number of benzene rings is 1. The predicted octanol–water partition coefficient (Wildman–Crippen LogP) is 2.17. The number of esters is 1. The molecule has 1 atom stereocenters. The third kappa shape index (κ3) is 4.54. The van der Waals surface area contributed by atoms with Gasteiger partial charge in [0.05, 0.1) is 25.8 Å². The summed E-state index contributed by atoms with van der Waals surface area (Å²) in [4.78, 5) is 16.5. The summed E-state index contributed by atoms with van der Waals surface area (Å²) in [5.41, 5.74) is 3.17. The second-order valence-electron chi connectivity index (χ2n) is 7.38. The molecule has 1 aliphatic rings. The van der Waals surface area contributed by atoms with Crippen LogP contribution in [0.4, 0.5) is 5.82 Å². The molecule has 0 amide bonds. The summed E-state index contributed by atoms with van der Waals surface area (Å²) in [5, 5.41) is 11.8. The van der Waals surface area contributed by atoms with Crippen LogP contribution in [0.2, 0.25) is 0 Å². The van der Waals surface area contributed by atoms with Gasteiger partial charge in [-0.05, 0) is 49.7 Å². The van der Waals surface area contributed by atoms with Gasteiger partial charge in [0, 0.05) is 30.2 Å². The van der Waals surface area contributed by atoms with E-state index in [2.05, 4.69) is 27.9 Å². The highest BCUT2D eigenvalue weighted by atomic mass is 16.5. The number of methoxy groups -OCH3 is 1. The molecule has 0 saturated heterocycles. The molecule has 30 heavy (non-hydrogen) atoms. The Morgan fingerprint density at radius 1 is 1.33 bits per heavy atom. The first-order chi connectivity index (χ1) is 14.7. The number of rotatable bonds is 8. The number of pyridine rings is 1. The van der Waals surface area contributed by atoms with Crippen LogP contribution >= 0.6 is 0 Å². The van der Waals surface area contributed by atoms with Crippen molar-refractivity contribution in [2.75, 3.05) is 32.6 Å². The number of anilines is 1. The summed E-state index contributed by atoms with van der Waals surface area (Å²) in [7, 11) is 3.11. The molecule has 0 saturated carbocycles. The number of hydrogen-bond donors (Lipinski definition) is 2. The summed E-state index contributed by atoms with van der Waals surface area (Å²) in [6.07, 6.45) is 4.91. The van der Waals surface area contributed by atoms with Gasteiger partial charge in [-0.2, -0.15) is 5.10 Å². The van der Waals surface area contributed by atoms with E-state index < -0.39 is 6.04 Å². The maximum atomic E-state index is 11.8. The minimum atomic E-state index is -0.446. The van der Waals surface area contributed by atoms with E-state index in [0.717, 1.165) is 54.0 Å². The fourth-order valence-corrected chi connectivity index (χ4v) is 3.63. The Hall–Kier alpha value is -3.13. The van der Waals surface area contributed by atoms with Crippen LogP contribution in [0.5, 0.6) is 5.75 Å². The summed E-state index contributed by atoms with van der Waals surface area (Å²) < 4.78 is 12.5. The molecule has 158 valence electrons. The Morgan fingerprint density at radius 2 is 2.23 bits per heavy atom. The van der Waals surface area contributed by atoms with Crippen LogP contribution in [-0.2, 0) is 28.9 Å². The Morgan fingerprint density at radius 3 is 3.07 bits per heavy atom. The van der Waals surface area contributed by atoms with Crippen LogP contribution in [0.15, 0.2) is 36.5 Å². The third-order valence-corrected chi connectivity index (χ3v) is 5.31. The molecule has 0 bridgehead atoms. The number of carbonyl (C=O) groups excluding carboxylic acids is 1. The fourth-order valence-electron chi connectivity index (χ4n) is 3.63. The number of aromatic nitrogens is 3. The molecule has 0 spiro atoms. The monoisotopic (exact) mass is 409 g/mol. The number of aryl methyl sites for hydroxylation is 1. The molecule has 3 aromatic rings. The summed E-state index contributed by atoms with van der Waals surface area (Å²) in [5.74, 6) is 1.49. The molecule has 0 unspecified atom stereocenters. The highest BCUT2D eigenvalue weighted by Crippen LogP contribution is 2.22. The highest BCUT2D eigenvalue weighted by Gasteiger charge is 2.18. The van der Waals surface area contributed by atoms with E-state index in [-0.39, 0.29) is 5.97 Å². The molecular weight excluding hydrogens is 382 g/mol. The smallest absolute Gasteiger partial charge is 0.324 e. The number of likely N-dealkylation sites (N-methyl/N-ethyl adjacent to an activating group) is 1. The first kappa shape index (κ1) is 20.2. The molecule has 8 heteroatoms. The average Bonchev–Trinajstić information content (AvgIpc) is 3.18. The van der Waals surface area contributed by atoms with E-state index in [9.17, 15) is 4.79 Å². The van der Waals surface area contributed by atoms with Crippen LogP contribution in [-0.4, -0.2) is 54.1 Å². The molecule has 0 radical (unpaired) electrons. The number of nitrogens with zero attached hydrogens (tertiary/aromatic N) is 3. The van der Waals surface area contributed by atoms with Crippen molar-refractivity contribution in [3.05, 3.63) is 47.8 Å². The standard InChI is InChI=1S/C22H27N5O3/c1-23-20(22(28)29-2)14-27-13-16-12-18(7-8-19(16)26-27)30-11-9-17-6-5-15-4-3-10-24-21(15)25-17/h5-8,12-13,20,23H,3-4,9-11,14H2,1-2H3,(H,24,25)/t20-/m0/s1. The zero-order chi connectivity index (χ0) is 20.9. The largest absolute Gasteiger partial charge is 0.493 e. The van der Waals surface area contributed by atoms with Gasteiger partial charge in [-0.25, -0.2) is 4.98 Å². The number of carbonyl (C=O) groups is 1. The summed E-state index contributed by atoms with van der Waals surface area (Å²) in [6.45, 7) is 1.93. The number of hydrogen-bond acceptors (Lipinski definition) is 7. The van der Waals surface area contributed by atoms with E-state index >= 15 is 0 Å². The van der Waals surface area contributed by atoms with E-state index in [1.165, 1.54) is 12.7 Å². The maximum Gasteiger partial charge on any atom is 0.324 e. The lowest BCUT2D eigenvalue weighted by atomic mass is 10.1. The lowest BCUT2D eigenvalue weighted by Crippen LogP contribution is -2.38. The van der Waals surface area contributed by atoms with Crippen LogP contribution in [0, 0.1) is 0 Å². The molecule has 3 heterocycles. The van der Waals surface area contributed by atoms with Crippen molar-refractivity contribution in [1.82, 2.24) is 20.1 Å². The maximum absolute atomic E-state index is 11.8. The normalized spacial score (nSPS) is 14.1. The summed E-state index contributed by atoms with van der Waals surface area (Å²) in [6, 6.07) is 9.61. The van der Waals surface area contributed by atoms with Gasteiger partial charge in [0.15, 0.2) is 0 Å². The number of fused-ring (bicyclic) bond motifs is 2. The Labute approximate surface area is 175 Å². The second-order valence-corrected chi connectivity index (χ2v) is 7.38. The van der Waals surface area contributed by atoms with Gasteiger partial charge in [0.1, 0.15) is 17.6 Å². The quantitative estimate of drug-likeness (QED) is 0.551. The van der Waals surface area contributed by atoms with Crippen LogP contribution < -0.4 is 15.4 Å². The zero-order valence-corrected chi connectivity index (χ0v) is 17.4. The van der Waals surface area contributed by atoms with Crippen molar-refractivity contribution in [2.24, 2.45) is 0 Å². The Balaban J connectivity index is 1.37. The average molecular weight is 409 g/mol. The van der Waals surface area contributed by atoms with Crippen LogP contribution in [0.3, 0.4) is 0 Å². The second kappa shape index (κ2) is 9.13. The zero-order valence-electron chi connectivity index (χ0n) is 17.4. The summed E-state index contributed by atoms with van der Waals surface area (Å²) >= 11 is 0. The van der Waals surface area contributed by atoms with Gasteiger partial charge in [-0.15, -0.1) is 0 Å². The number of nitrogens with one attached hydrogen (secondary N) is 2. The lowest BCUT2D eigenvalue weighted by molar-refractivity contribution is -0.143. The van der Waals surface area contributed by atoms with Crippen molar-refractivity contribution in [2.45, 2.75) is 31.8 Å². The lowest BCUT2D eigenvalue weighted by Gasteiger charge is -2.17. The minimum absolute atomic E-state index is 0.313. The molecule has 4 rings (SSSR count). The number of ether oxygens (including phenoxy) is 2. The van der Waals surface area contributed by atoms with Gasteiger partial charge in [0.25, 0.3) is 0 Å².